The van der Waals surface area contributed by atoms with Gasteiger partial charge in [0, 0.05) is 6.42 Å². The fourth-order valence-corrected chi connectivity index (χ4v) is 3.31. The van der Waals surface area contributed by atoms with Crippen molar-refractivity contribution in [1.29, 1.82) is 0 Å². The maximum Gasteiger partial charge on any atom is 0.333 e. The van der Waals surface area contributed by atoms with Crippen LogP contribution in [0, 0.1) is 5.92 Å². The van der Waals surface area contributed by atoms with Gasteiger partial charge in [0.1, 0.15) is 0 Å². The number of benzene rings is 1. The molecule has 1 aromatic carbocycles. The third-order valence-electron chi connectivity index (χ3n) is 2.87. The standard InChI is InChI=1S/C12H15O7P/c13-10(14)7-6-9(12(15)16)11(20(17,18)19)8-4-2-1-3-5-8/h1-5,9,11H,6-7H2,(H,13,14)(H,15,16)(H2,17,18,19). The van der Waals surface area contributed by atoms with Gasteiger partial charge in [0.15, 0.2) is 0 Å². The van der Waals surface area contributed by atoms with Crippen molar-refractivity contribution < 1.29 is 34.2 Å². The van der Waals surface area contributed by atoms with E-state index in [2.05, 4.69) is 0 Å². The third kappa shape index (κ3) is 4.45. The highest BCUT2D eigenvalue weighted by Gasteiger charge is 2.41. The molecule has 1 rings (SSSR count). The number of hydrogen-bond donors (Lipinski definition) is 4. The Balaban J connectivity index is 3.16. The molecule has 0 amide bonds. The Kier molecular flexibility index (Phi) is 5.44. The van der Waals surface area contributed by atoms with Gasteiger partial charge >= 0.3 is 19.5 Å². The first-order valence-electron chi connectivity index (χ1n) is 5.78. The van der Waals surface area contributed by atoms with E-state index in [-0.39, 0.29) is 12.0 Å². The summed E-state index contributed by atoms with van der Waals surface area (Å²) >= 11 is 0. The average Bonchev–Trinajstić information content (AvgIpc) is 2.33. The van der Waals surface area contributed by atoms with Gasteiger partial charge in [-0.05, 0) is 12.0 Å². The fraction of sp³-hybridized carbons (Fsp3) is 0.333. The molecule has 20 heavy (non-hydrogen) atoms. The minimum Gasteiger partial charge on any atom is -0.481 e. The van der Waals surface area contributed by atoms with Gasteiger partial charge in [-0.25, -0.2) is 0 Å². The average molecular weight is 302 g/mol. The van der Waals surface area contributed by atoms with Crippen LogP contribution in [0.4, 0.5) is 0 Å². The first kappa shape index (κ1) is 16.4. The minimum atomic E-state index is -4.74. The molecule has 1 aromatic rings. The highest BCUT2D eigenvalue weighted by molar-refractivity contribution is 7.52. The van der Waals surface area contributed by atoms with Crippen molar-refractivity contribution in [2.45, 2.75) is 18.5 Å². The monoisotopic (exact) mass is 302 g/mol. The van der Waals surface area contributed by atoms with E-state index in [0.717, 1.165) is 0 Å². The summed E-state index contributed by atoms with van der Waals surface area (Å²) in [7, 11) is -4.74. The van der Waals surface area contributed by atoms with Crippen LogP contribution >= 0.6 is 7.60 Å². The van der Waals surface area contributed by atoms with E-state index in [9.17, 15) is 23.9 Å². The molecule has 110 valence electrons. The molecule has 0 saturated carbocycles. The molecule has 0 aromatic heterocycles. The zero-order chi connectivity index (χ0) is 15.3. The van der Waals surface area contributed by atoms with Gasteiger partial charge in [0.2, 0.25) is 0 Å². The van der Waals surface area contributed by atoms with E-state index >= 15 is 0 Å². The Morgan fingerprint density at radius 3 is 2.05 bits per heavy atom. The second-order valence-electron chi connectivity index (χ2n) is 4.32. The second kappa shape index (κ2) is 6.65. The molecule has 0 spiro atoms. The first-order chi connectivity index (χ1) is 9.23. The molecule has 0 aliphatic rings. The van der Waals surface area contributed by atoms with Crippen LogP contribution in [0.5, 0.6) is 0 Å². The van der Waals surface area contributed by atoms with Crippen molar-refractivity contribution >= 4 is 19.5 Å². The summed E-state index contributed by atoms with van der Waals surface area (Å²) in [5, 5.41) is 17.8. The summed E-state index contributed by atoms with van der Waals surface area (Å²) in [5.41, 5.74) is -1.38. The molecular formula is C12H15O7P. The lowest BCUT2D eigenvalue weighted by Gasteiger charge is -2.24. The molecule has 4 N–H and O–H groups in total. The molecule has 0 radical (unpaired) electrons. The molecule has 0 aliphatic carbocycles. The van der Waals surface area contributed by atoms with Gasteiger partial charge in [-0.1, -0.05) is 30.3 Å². The predicted molar refractivity (Wildman–Crippen MR) is 69.2 cm³/mol. The summed E-state index contributed by atoms with van der Waals surface area (Å²) in [6.07, 6.45) is -0.824. The Bertz CT molecular complexity index is 522. The van der Waals surface area contributed by atoms with Gasteiger partial charge in [0.25, 0.3) is 0 Å². The van der Waals surface area contributed by atoms with Gasteiger partial charge in [-0.3, -0.25) is 14.2 Å². The zero-order valence-corrected chi connectivity index (χ0v) is 11.3. The topological polar surface area (TPSA) is 132 Å². The van der Waals surface area contributed by atoms with E-state index in [0.29, 0.717) is 0 Å². The number of hydrogen-bond acceptors (Lipinski definition) is 3. The van der Waals surface area contributed by atoms with Crippen LogP contribution in [-0.2, 0) is 14.2 Å². The van der Waals surface area contributed by atoms with Crippen molar-refractivity contribution in [1.82, 2.24) is 0 Å². The smallest absolute Gasteiger partial charge is 0.333 e. The summed E-state index contributed by atoms with van der Waals surface area (Å²) in [5.74, 6) is -4.11. The van der Waals surface area contributed by atoms with Gasteiger partial charge in [0.05, 0.1) is 11.6 Å². The quantitative estimate of drug-likeness (QED) is 0.560. The van der Waals surface area contributed by atoms with E-state index < -0.39 is 37.5 Å². The zero-order valence-electron chi connectivity index (χ0n) is 10.4. The molecule has 0 bridgehead atoms. The summed E-state index contributed by atoms with van der Waals surface area (Å²) in [4.78, 5) is 40.6. The molecule has 0 aliphatic heterocycles. The third-order valence-corrected chi connectivity index (χ3v) is 4.25. The van der Waals surface area contributed by atoms with Crippen LogP contribution in [0.25, 0.3) is 0 Å². The molecule has 0 heterocycles. The summed E-state index contributed by atoms with van der Waals surface area (Å²) in [6.45, 7) is 0. The first-order valence-corrected chi connectivity index (χ1v) is 7.46. The predicted octanol–water partition coefficient (Wildman–Crippen LogP) is 1.47. The van der Waals surface area contributed by atoms with Gasteiger partial charge < -0.3 is 20.0 Å². The maximum absolute atomic E-state index is 11.6. The van der Waals surface area contributed by atoms with Crippen molar-refractivity contribution in [3.05, 3.63) is 35.9 Å². The number of carboxylic acid groups (broad SMARTS) is 2. The number of aliphatic carboxylic acids is 2. The minimum absolute atomic E-state index is 0.179. The number of rotatable bonds is 7. The van der Waals surface area contributed by atoms with Crippen molar-refractivity contribution in [3.63, 3.8) is 0 Å². The molecular weight excluding hydrogens is 287 g/mol. The van der Waals surface area contributed by atoms with Crippen LogP contribution in [0.3, 0.4) is 0 Å². The highest BCUT2D eigenvalue weighted by Crippen LogP contribution is 2.56. The van der Waals surface area contributed by atoms with Crippen LogP contribution in [0.1, 0.15) is 24.1 Å². The van der Waals surface area contributed by atoms with Gasteiger partial charge in [-0.15, -0.1) is 0 Å². The highest BCUT2D eigenvalue weighted by atomic mass is 31.2. The van der Waals surface area contributed by atoms with E-state index in [1.165, 1.54) is 24.3 Å². The largest absolute Gasteiger partial charge is 0.481 e. The van der Waals surface area contributed by atoms with E-state index in [1.54, 1.807) is 6.07 Å². The molecule has 0 saturated heterocycles. The lowest BCUT2D eigenvalue weighted by atomic mass is 9.94. The van der Waals surface area contributed by atoms with E-state index in [1.807, 2.05) is 0 Å². The maximum atomic E-state index is 11.6. The van der Waals surface area contributed by atoms with Crippen molar-refractivity contribution in [3.8, 4) is 0 Å². The Morgan fingerprint density at radius 1 is 1.10 bits per heavy atom. The van der Waals surface area contributed by atoms with Crippen LogP contribution in [0.15, 0.2) is 30.3 Å². The Labute approximate surface area is 115 Å². The molecule has 8 heteroatoms. The molecule has 2 atom stereocenters. The number of carbonyl (C=O) groups is 2. The Hall–Kier alpha value is -1.69. The van der Waals surface area contributed by atoms with E-state index in [4.69, 9.17) is 10.2 Å². The van der Waals surface area contributed by atoms with Crippen molar-refractivity contribution in [2.24, 2.45) is 5.92 Å². The van der Waals surface area contributed by atoms with Crippen LogP contribution in [-0.4, -0.2) is 31.9 Å². The number of carboxylic acids is 2. The second-order valence-corrected chi connectivity index (χ2v) is 6.06. The Morgan fingerprint density at radius 2 is 1.65 bits per heavy atom. The molecule has 0 fully saturated rings. The molecule has 2 unspecified atom stereocenters. The SMILES string of the molecule is O=C(O)CCC(C(=O)O)C(c1ccccc1)P(=O)(O)O. The summed E-state index contributed by atoms with van der Waals surface area (Å²) < 4.78 is 11.6. The lowest BCUT2D eigenvalue weighted by Crippen LogP contribution is -2.23. The fourth-order valence-electron chi connectivity index (χ4n) is 2.01. The van der Waals surface area contributed by atoms with Crippen LogP contribution in [0.2, 0.25) is 0 Å². The summed E-state index contributed by atoms with van der Waals surface area (Å²) in [6, 6.07) is 7.54. The normalized spacial score (nSPS) is 14.5. The molecule has 7 nitrogen and oxygen atoms in total. The lowest BCUT2D eigenvalue weighted by molar-refractivity contribution is -0.143. The van der Waals surface area contributed by atoms with Crippen LogP contribution < -0.4 is 0 Å². The van der Waals surface area contributed by atoms with Gasteiger partial charge in [-0.2, -0.15) is 0 Å². The van der Waals surface area contributed by atoms with Crippen molar-refractivity contribution in [2.75, 3.05) is 0 Å².